The number of carbonyl (C=O) groups is 2. The van der Waals surface area contributed by atoms with Gasteiger partial charge in [0.1, 0.15) is 5.69 Å². The van der Waals surface area contributed by atoms with Crippen LogP contribution in [0.5, 0.6) is 0 Å². The van der Waals surface area contributed by atoms with Gasteiger partial charge in [-0.05, 0) is 32.8 Å². The molecule has 0 aliphatic rings. The van der Waals surface area contributed by atoms with Crippen LogP contribution in [0.1, 0.15) is 56.1 Å². The zero-order valence-electron chi connectivity index (χ0n) is 11.9. The van der Waals surface area contributed by atoms with E-state index in [2.05, 4.69) is 5.32 Å². The summed E-state index contributed by atoms with van der Waals surface area (Å²) in [4.78, 5) is 22.4. The number of nitrogens with zero attached hydrogens (tertiary/aromatic N) is 1. The van der Waals surface area contributed by atoms with Crippen molar-refractivity contribution in [2.24, 2.45) is 0 Å². The number of aliphatic carboxylic acids is 1. The Balaban J connectivity index is 2.38. The number of carbonyl (C=O) groups excluding carboxylic acids is 1. The Hall–Kier alpha value is -1.49. The zero-order chi connectivity index (χ0) is 15.1. The summed E-state index contributed by atoms with van der Waals surface area (Å²) in [5.41, 5.74) is 0.551. The van der Waals surface area contributed by atoms with E-state index in [0.29, 0.717) is 23.7 Å². The van der Waals surface area contributed by atoms with Crippen LogP contribution in [0.2, 0.25) is 5.02 Å². The molecule has 0 spiro atoms. The lowest BCUT2D eigenvalue weighted by Crippen LogP contribution is -2.27. The van der Waals surface area contributed by atoms with Crippen LogP contribution < -0.4 is 5.32 Å². The molecule has 1 aromatic rings. The second-order valence-electron chi connectivity index (χ2n) is 5.00. The highest BCUT2D eigenvalue weighted by Crippen LogP contribution is 2.18. The fraction of sp³-hybridized carbons (Fsp3) is 0.571. The number of hydrogen-bond donors (Lipinski definition) is 2. The molecule has 0 bridgehead atoms. The second kappa shape index (κ2) is 7.94. The standard InChI is InChI=1S/C14H21ClN2O3/c1-10(2)17-9-11(15)8-12(17)14(20)16-7-5-3-4-6-13(18)19/h8-10H,3-7H2,1-2H3,(H,16,20)(H,18,19). The highest BCUT2D eigenvalue weighted by Gasteiger charge is 2.14. The van der Waals surface area contributed by atoms with E-state index in [1.54, 1.807) is 12.3 Å². The molecule has 0 aliphatic heterocycles. The molecule has 0 atom stereocenters. The van der Waals surface area contributed by atoms with Gasteiger partial charge in [0.25, 0.3) is 5.91 Å². The van der Waals surface area contributed by atoms with Gasteiger partial charge < -0.3 is 15.0 Å². The van der Waals surface area contributed by atoms with Crippen molar-refractivity contribution < 1.29 is 14.7 Å². The average molecular weight is 301 g/mol. The van der Waals surface area contributed by atoms with Gasteiger partial charge in [-0.25, -0.2) is 0 Å². The summed E-state index contributed by atoms with van der Waals surface area (Å²) in [5.74, 6) is -0.928. The average Bonchev–Trinajstić information content (AvgIpc) is 2.75. The summed E-state index contributed by atoms with van der Waals surface area (Å²) >= 11 is 5.93. The van der Waals surface area contributed by atoms with Crippen LogP contribution in [0.4, 0.5) is 0 Å². The van der Waals surface area contributed by atoms with Crippen molar-refractivity contribution in [1.82, 2.24) is 9.88 Å². The quantitative estimate of drug-likeness (QED) is 0.725. The van der Waals surface area contributed by atoms with Crippen molar-refractivity contribution in [2.75, 3.05) is 6.54 Å². The lowest BCUT2D eigenvalue weighted by atomic mass is 10.2. The minimum atomic E-state index is -0.779. The first-order chi connectivity index (χ1) is 9.41. The number of nitrogens with one attached hydrogen (secondary N) is 1. The third-order valence-electron chi connectivity index (χ3n) is 2.96. The van der Waals surface area contributed by atoms with Gasteiger partial charge in [0.15, 0.2) is 0 Å². The molecule has 1 amide bonds. The molecule has 1 aromatic heterocycles. The summed E-state index contributed by atoms with van der Waals surface area (Å²) in [5, 5.41) is 11.9. The SMILES string of the molecule is CC(C)n1cc(Cl)cc1C(=O)NCCCCCC(=O)O. The maximum atomic E-state index is 12.0. The van der Waals surface area contributed by atoms with Crippen LogP contribution >= 0.6 is 11.6 Å². The van der Waals surface area contributed by atoms with Gasteiger partial charge in [-0.2, -0.15) is 0 Å². The molecule has 1 rings (SSSR count). The van der Waals surface area contributed by atoms with Crippen molar-refractivity contribution in [2.45, 2.75) is 45.6 Å². The molecule has 0 radical (unpaired) electrons. The fourth-order valence-corrected chi connectivity index (χ4v) is 2.13. The maximum Gasteiger partial charge on any atom is 0.303 e. The zero-order valence-corrected chi connectivity index (χ0v) is 12.6. The van der Waals surface area contributed by atoms with Gasteiger partial charge >= 0.3 is 5.97 Å². The van der Waals surface area contributed by atoms with E-state index in [1.807, 2.05) is 18.4 Å². The number of halogens is 1. The highest BCUT2D eigenvalue weighted by atomic mass is 35.5. The Morgan fingerprint density at radius 2 is 2.05 bits per heavy atom. The Kier molecular flexibility index (Phi) is 6.58. The maximum absolute atomic E-state index is 12.0. The molecule has 20 heavy (non-hydrogen) atoms. The van der Waals surface area contributed by atoms with Crippen LogP contribution in [-0.2, 0) is 4.79 Å². The van der Waals surface area contributed by atoms with Crippen LogP contribution in [-0.4, -0.2) is 28.1 Å². The number of rotatable bonds is 8. The number of carboxylic acids is 1. The summed E-state index contributed by atoms with van der Waals surface area (Å²) in [6.45, 7) is 4.51. The minimum absolute atomic E-state index is 0.149. The monoisotopic (exact) mass is 300 g/mol. The topological polar surface area (TPSA) is 71.3 Å². The van der Waals surface area contributed by atoms with E-state index in [4.69, 9.17) is 16.7 Å². The lowest BCUT2D eigenvalue weighted by Gasteiger charge is -2.12. The molecule has 112 valence electrons. The molecule has 0 fully saturated rings. The largest absolute Gasteiger partial charge is 0.481 e. The van der Waals surface area contributed by atoms with Crippen molar-refractivity contribution in [3.05, 3.63) is 23.0 Å². The smallest absolute Gasteiger partial charge is 0.303 e. The van der Waals surface area contributed by atoms with E-state index in [1.165, 1.54) is 0 Å². The predicted molar refractivity (Wildman–Crippen MR) is 78.3 cm³/mol. The van der Waals surface area contributed by atoms with Crippen LogP contribution in [0, 0.1) is 0 Å². The van der Waals surface area contributed by atoms with Gasteiger partial charge in [0.05, 0.1) is 5.02 Å². The Morgan fingerprint density at radius 1 is 1.35 bits per heavy atom. The molecule has 0 saturated carbocycles. The molecule has 2 N–H and O–H groups in total. The Morgan fingerprint density at radius 3 is 2.65 bits per heavy atom. The summed E-state index contributed by atoms with van der Waals surface area (Å²) in [6.07, 6.45) is 4.13. The first kappa shape index (κ1) is 16.6. The number of carboxylic acid groups (broad SMARTS) is 1. The molecule has 5 nitrogen and oxygen atoms in total. The number of unbranched alkanes of at least 4 members (excludes halogenated alkanes) is 2. The molecular weight excluding hydrogens is 280 g/mol. The lowest BCUT2D eigenvalue weighted by molar-refractivity contribution is -0.137. The van der Waals surface area contributed by atoms with Gasteiger partial charge in [-0.1, -0.05) is 18.0 Å². The minimum Gasteiger partial charge on any atom is -0.481 e. The first-order valence-corrected chi connectivity index (χ1v) is 7.17. The van der Waals surface area contributed by atoms with E-state index in [-0.39, 0.29) is 18.4 Å². The van der Waals surface area contributed by atoms with Gasteiger partial charge in [-0.3, -0.25) is 9.59 Å². The molecule has 1 heterocycles. The molecule has 0 saturated heterocycles. The number of hydrogen-bond acceptors (Lipinski definition) is 2. The van der Waals surface area contributed by atoms with E-state index in [9.17, 15) is 9.59 Å². The summed E-state index contributed by atoms with van der Waals surface area (Å²) in [6, 6.07) is 1.82. The molecule has 0 aliphatic carbocycles. The summed E-state index contributed by atoms with van der Waals surface area (Å²) < 4.78 is 1.84. The summed E-state index contributed by atoms with van der Waals surface area (Å²) in [7, 11) is 0. The predicted octanol–water partition coefficient (Wildman–Crippen LogP) is 3.10. The first-order valence-electron chi connectivity index (χ1n) is 6.79. The van der Waals surface area contributed by atoms with Crippen LogP contribution in [0.15, 0.2) is 12.3 Å². The van der Waals surface area contributed by atoms with Crippen LogP contribution in [0.25, 0.3) is 0 Å². The molecule has 0 aromatic carbocycles. The van der Waals surface area contributed by atoms with Crippen molar-refractivity contribution >= 4 is 23.5 Å². The van der Waals surface area contributed by atoms with Gasteiger partial charge in [-0.15, -0.1) is 0 Å². The van der Waals surface area contributed by atoms with Crippen molar-refractivity contribution in [3.8, 4) is 0 Å². The van der Waals surface area contributed by atoms with E-state index < -0.39 is 5.97 Å². The number of amides is 1. The normalized spacial score (nSPS) is 10.8. The molecular formula is C14H21ClN2O3. The second-order valence-corrected chi connectivity index (χ2v) is 5.44. The third kappa shape index (κ3) is 5.25. The van der Waals surface area contributed by atoms with Crippen LogP contribution in [0.3, 0.4) is 0 Å². The van der Waals surface area contributed by atoms with Gasteiger partial charge in [0.2, 0.25) is 0 Å². The van der Waals surface area contributed by atoms with E-state index in [0.717, 1.165) is 12.8 Å². The fourth-order valence-electron chi connectivity index (χ4n) is 1.93. The van der Waals surface area contributed by atoms with Crippen molar-refractivity contribution in [3.63, 3.8) is 0 Å². The Bertz CT molecular complexity index is 469. The van der Waals surface area contributed by atoms with Gasteiger partial charge in [0, 0.05) is 25.2 Å². The Labute approximate surface area is 123 Å². The highest BCUT2D eigenvalue weighted by molar-refractivity contribution is 6.31. The third-order valence-corrected chi connectivity index (χ3v) is 3.16. The van der Waals surface area contributed by atoms with Crippen molar-refractivity contribution in [1.29, 1.82) is 0 Å². The molecule has 6 heteroatoms. The number of aromatic nitrogens is 1. The molecule has 0 unspecified atom stereocenters. The van der Waals surface area contributed by atoms with E-state index >= 15 is 0 Å².